The summed E-state index contributed by atoms with van der Waals surface area (Å²) in [5.74, 6) is -0.386. The van der Waals surface area contributed by atoms with Crippen LogP contribution in [0, 0.1) is 6.92 Å². The number of carbonyl (C=O) groups is 2. The Bertz CT molecular complexity index is 1480. The summed E-state index contributed by atoms with van der Waals surface area (Å²) < 4.78 is 11.9. The van der Waals surface area contributed by atoms with Gasteiger partial charge in [0.2, 0.25) is 5.91 Å². The number of hydrogen-bond donors (Lipinski definition) is 2. The van der Waals surface area contributed by atoms with Gasteiger partial charge >= 0.3 is 5.97 Å². The number of ether oxygens (including phenoxy) is 1. The smallest absolute Gasteiger partial charge is 0.335 e. The van der Waals surface area contributed by atoms with Crippen molar-refractivity contribution < 1.29 is 23.8 Å². The van der Waals surface area contributed by atoms with Gasteiger partial charge in [0.05, 0.1) is 18.0 Å². The Kier molecular flexibility index (Phi) is 7.51. The minimum atomic E-state index is -0.981. The third-order valence-corrected chi connectivity index (χ3v) is 7.18. The maximum absolute atomic E-state index is 13.5. The predicted octanol–water partition coefficient (Wildman–Crippen LogP) is 4.73. The number of carbonyl (C=O) groups excluding carboxylic acids is 1. The molecule has 0 bridgehead atoms. The Morgan fingerprint density at radius 3 is 2.62 bits per heavy atom. The number of nitrogens with zero attached hydrogens (tertiary/aromatic N) is 3. The highest BCUT2D eigenvalue weighted by molar-refractivity contribution is 5.87. The van der Waals surface area contributed by atoms with Crippen LogP contribution in [0.1, 0.15) is 27.9 Å². The molecule has 1 saturated heterocycles. The topological polar surface area (TPSA) is 108 Å². The van der Waals surface area contributed by atoms with E-state index in [0.29, 0.717) is 30.5 Å². The summed E-state index contributed by atoms with van der Waals surface area (Å²) >= 11 is 0. The van der Waals surface area contributed by atoms with E-state index in [9.17, 15) is 9.59 Å². The molecule has 1 fully saturated rings. The van der Waals surface area contributed by atoms with Gasteiger partial charge in [0.25, 0.3) is 6.01 Å². The molecule has 0 radical (unpaired) electrons. The molecule has 1 aliphatic rings. The summed E-state index contributed by atoms with van der Waals surface area (Å²) in [6.45, 7) is 2.96. The highest BCUT2D eigenvalue weighted by atomic mass is 16.5. The minimum absolute atomic E-state index is 0.0197. The lowest BCUT2D eigenvalue weighted by Gasteiger charge is -2.25. The summed E-state index contributed by atoms with van der Waals surface area (Å²) in [4.78, 5) is 33.1. The monoisotopic (exact) mass is 528 g/mol. The Morgan fingerprint density at radius 1 is 1.13 bits per heavy atom. The molecule has 202 valence electrons. The van der Waals surface area contributed by atoms with Gasteiger partial charge in [-0.05, 0) is 81.0 Å². The molecule has 3 aromatic carbocycles. The number of rotatable bonds is 9. The second kappa shape index (κ2) is 11.2. The third kappa shape index (κ3) is 6.04. The standard InChI is InChI=1S/C30H32N4O5/c1-19-6-4-5-7-25(19)31-30-32-26-13-8-20(14-27(26)39-30)15-28(35)34-17-22(33(2)3)16-23(34)18-38-24-11-9-21(10-12-24)29(36)37/h4-14,22-23H,15-18H2,1-3H3,(H,31,32)(H,36,37)/t22?,23-/m0/s1. The number of hydrogen-bond acceptors (Lipinski definition) is 7. The van der Waals surface area contributed by atoms with Crippen molar-refractivity contribution in [3.8, 4) is 5.75 Å². The lowest BCUT2D eigenvalue weighted by atomic mass is 10.1. The first-order valence-electron chi connectivity index (χ1n) is 12.9. The summed E-state index contributed by atoms with van der Waals surface area (Å²) in [6.07, 6.45) is 1.03. The minimum Gasteiger partial charge on any atom is -0.491 e. The Hall–Kier alpha value is -4.37. The molecule has 0 saturated carbocycles. The van der Waals surface area contributed by atoms with Crippen LogP contribution in [-0.4, -0.2) is 71.1 Å². The van der Waals surface area contributed by atoms with Crippen LogP contribution >= 0.6 is 0 Å². The van der Waals surface area contributed by atoms with E-state index in [0.717, 1.165) is 28.8 Å². The largest absolute Gasteiger partial charge is 0.491 e. The fraction of sp³-hybridized carbons (Fsp3) is 0.300. The maximum atomic E-state index is 13.5. The van der Waals surface area contributed by atoms with Gasteiger partial charge < -0.3 is 29.4 Å². The first-order chi connectivity index (χ1) is 18.8. The number of aromatic nitrogens is 1. The van der Waals surface area contributed by atoms with Crippen LogP contribution < -0.4 is 10.1 Å². The molecule has 2 atom stereocenters. The number of carboxylic acids is 1. The zero-order valence-electron chi connectivity index (χ0n) is 22.3. The van der Waals surface area contributed by atoms with E-state index in [1.807, 2.05) is 68.4 Å². The van der Waals surface area contributed by atoms with E-state index < -0.39 is 5.97 Å². The van der Waals surface area contributed by atoms with Crippen LogP contribution in [0.4, 0.5) is 11.7 Å². The average molecular weight is 529 g/mol. The number of para-hydroxylation sites is 1. The molecule has 1 aliphatic heterocycles. The number of fused-ring (bicyclic) bond motifs is 1. The number of aromatic carboxylic acids is 1. The van der Waals surface area contributed by atoms with E-state index in [1.165, 1.54) is 12.1 Å². The number of nitrogens with one attached hydrogen (secondary N) is 1. The predicted molar refractivity (Wildman–Crippen MR) is 149 cm³/mol. The number of aryl methyl sites for hydroxylation is 1. The van der Waals surface area contributed by atoms with Gasteiger partial charge in [0.1, 0.15) is 17.9 Å². The summed E-state index contributed by atoms with van der Waals surface area (Å²) in [5, 5.41) is 12.3. The molecule has 39 heavy (non-hydrogen) atoms. The first-order valence-corrected chi connectivity index (χ1v) is 12.9. The van der Waals surface area contributed by atoms with E-state index in [-0.39, 0.29) is 30.0 Å². The van der Waals surface area contributed by atoms with Crippen molar-refractivity contribution >= 4 is 34.7 Å². The molecular formula is C30H32N4O5. The molecule has 2 N–H and O–H groups in total. The van der Waals surface area contributed by atoms with Crippen LogP contribution in [-0.2, 0) is 11.2 Å². The summed E-state index contributed by atoms with van der Waals surface area (Å²) in [5.41, 5.74) is 4.40. The number of amides is 1. The van der Waals surface area contributed by atoms with Crippen molar-refractivity contribution in [1.29, 1.82) is 0 Å². The van der Waals surface area contributed by atoms with Gasteiger partial charge in [-0.1, -0.05) is 24.3 Å². The molecule has 9 nitrogen and oxygen atoms in total. The Balaban J connectivity index is 1.26. The maximum Gasteiger partial charge on any atom is 0.335 e. The van der Waals surface area contributed by atoms with Gasteiger partial charge in [-0.25, -0.2) is 4.79 Å². The number of likely N-dealkylation sites (tertiary alicyclic amines) is 1. The normalized spacial score (nSPS) is 17.1. The van der Waals surface area contributed by atoms with Crippen molar-refractivity contribution in [2.24, 2.45) is 0 Å². The third-order valence-electron chi connectivity index (χ3n) is 7.18. The van der Waals surface area contributed by atoms with Gasteiger partial charge in [0.15, 0.2) is 5.58 Å². The molecular weight excluding hydrogens is 496 g/mol. The van der Waals surface area contributed by atoms with E-state index in [1.54, 1.807) is 12.1 Å². The number of oxazole rings is 1. The Morgan fingerprint density at radius 2 is 1.90 bits per heavy atom. The second-order valence-electron chi connectivity index (χ2n) is 10.1. The molecule has 1 aromatic heterocycles. The second-order valence-corrected chi connectivity index (χ2v) is 10.1. The molecule has 2 heterocycles. The van der Waals surface area contributed by atoms with E-state index in [4.69, 9.17) is 14.3 Å². The number of benzene rings is 3. The Labute approximate surface area is 227 Å². The quantitative estimate of drug-likeness (QED) is 0.321. The SMILES string of the molecule is Cc1ccccc1Nc1nc2ccc(CC(=O)N3CC(N(C)C)C[C@H]3COc3ccc(C(=O)O)cc3)cc2o1. The number of carboxylic acid groups (broad SMARTS) is 1. The molecule has 0 aliphatic carbocycles. The van der Waals surface area contributed by atoms with Crippen molar-refractivity contribution in [3.63, 3.8) is 0 Å². The zero-order valence-corrected chi connectivity index (χ0v) is 22.3. The van der Waals surface area contributed by atoms with Crippen LogP contribution in [0.15, 0.2) is 71.1 Å². The van der Waals surface area contributed by atoms with Crippen LogP contribution in [0.3, 0.4) is 0 Å². The van der Waals surface area contributed by atoms with Crippen molar-refractivity contribution in [3.05, 3.63) is 83.4 Å². The highest BCUT2D eigenvalue weighted by Gasteiger charge is 2.36. The molecule has 5 rings (SSSR count). The fourth-order valence-electron chi connectivity index (χ4n) is 4.85. The lowest BCUT2D eigenvalue weighted by Crippen LogP contribution is -2.40. The molecule has 4 aromatic rings. The van der Waals surface area contributed by atoms with E-state index in [2.05, 4.69) is 15.2 Å². The van der Waals surface area contributed by atoms with Crippen molar-refractivity contribution in [2.45, 2.75) is 31.8 Å². The lowest BCUT2D eigenvalue weighted by molar-refractivity contribution is -0.131. The fourth-order valence-corrected chi connectivity index (χ4v) is 4.85. The highest BCUT2D eigenvalue weighted by Crippen LogP contribution is 2.27. The summed E-state index contributed by atoms with van der Waals surface area (Å²) in [7, 11) is 4.03. The van der Waals surface area contributed by atoms with Crippen LogP contribution in [0.2, 0.25) is 0 Å². The average Bonchev–Trinajstić information content (AvgIpc) is 3.53. The van der Waals surface area contributed by atoms with Gasteiger partial charge in [-0.15, -0.1) is 0 Å². The van der Waals surface area contributed by atoms with Gasteiger partial charge in [-0.3, -0.25) is 4.79 Å². The molecule has 9 heteroatoms. The number of anilines is 2. The number of likely N-dealkylation sites (N-methyl/N-ethyl adjacent to an activating group) is 1. The van der Waals surface area contributed by atoms with Gasteiger partial charge in [0, 0.05) is 18.3 Å². The zero-order chi connectivity index (χ0) is 27.5. The summed E-state index contributed by atoms with van der Waals surface area (Å²) in [6, 6.07) is 20.4. The molecule has 0 spiro atoms. The van der Waals surface area contributed by atoms with Crippen molar-refractivity contribution in [1.82, 2.24) is 14.8 Å². The molecule has 1 amide bonds. The van der Waals surface area contributed by atoms with E-state index >= 15 is 0 Å². The molecule has 1 unspecified atom stereocenters. The van der Waals surface area contributed by atoms with Crippen LogP contribution in [0.25, 0.3) is 11.1 Å². The first kappa shape index (κ1) is 26.2. The van der Waals surface area contributed by atoms with Crippen LogP contribution in [0.5, 0.6) is 5.75 Å². The van der Waals surface area contributed by atoms with Gasteiger partial charge in [-0.2, -0.15) is 4.98 Å². The van der Waals surface area contributed by atoms with Crippen molar-refractivity contribution in [2.75, 3.05) is 32.6 Å².